The van der Waals surface area contributed by atoms with Crippen molar-refractivity contribution in [3.05, 3.63) is 21.3 Å². The summed E-state index contributed by atoms with van der Waals surface area (Å²) in [5.41, 5.74) is 5.50. The third-order valence-corrected chi connectivity index (χ3v) is 3.12. The second kappa shape index (κ2) is 7.90. The fourth-order valence-electron chi connectivity index (χ4n) is 1.18. The maximum Gasteiger partial charge on any atom is 0.221 e. The van der Waals surface area contributed by atoms with Crippen molar-refractivity contribution in [3.8, 4) is 0 Å². The molecule has 1 atom stereocenters. The molecule has 92 valence electrons. The second-order valence-electron chi connectivity index (χ2n) is 3.49. The Hall–Kier alpha value is -0.290. The number of carbonyl (C=O) groups excluding carboxylic acids is 1. The second-order valence-corrected chi connectivity index (χ2v) is 5.29. The number of nitrogens with two attached hydrogens (primary N) is 1. The molecule has 0 fully saturated rings. The van der Waals surface area contributed by atoms with Crippen molar-refractivity contribution in [2.24, 2.45) is 5.73 Å². The van der Waals surface area contributed by atoms with Gasteiger partial charge in [-0.2, -0.15) is 0 Å². The van der Waals surface area contributed by atoms with E-state index in [1.165, 1.54) is 4.88 Å². The zero-order valence-electron chi connectivity index (χ0n) is 9.03. The topological polar surface area (TPSA) is 55.1 Å². The van der Waals surface area contributed by atoms with Gasteiger partial charge in [0.25, 0.3) is 0 Å². The number of thiophene rings is 1. The van der Waals surface area contributed by atoms with E-state index in [-0.39, 0.29) is 24.4 Å². The number of carbonyl (C=O) groups is 1. The lowest BCUT2D eigenvalue weighted by Crippen LogP contribution is -2.31. The van der Waals surface area contributed by atoms with Crippen LogP contribution in [0.5, 0.6) is 0 Å². The smallest absolute Gasteiger partial charge is 0.221 e. The average Bonchev–Trinajstić information content (AvgIpc) is 2.50. The summed E-state index contributed by atoms with van der Waals surface area (Å²) >= 11 is 7.33. The van der Waals surface area contributed by atoms with E-state index in [4.69, 9.17) is 17.3 Å². The van der Waals surface area contributed by atoms with Crippen molar-refractivity contribution in [3.63, 3.8) is 0 Å². The summed E-state index contributed by atoms with van der Waals surface area (Å²) < 4.78 is 0.784. The van der Waals surface area contributed by atoms with E-state index >= 15 is 0 Å². The number of halogens is 2. The van der Waals surface area contributed by atoms with Gasteiger partial charge in [0.15, 0.2) is 0 Å². The van der Waals surface area contributed by atoms with Crippen molar-refractivity contribution in [1.82, 2.24) is 5.32 Å². The minimum absolute atomic E-state index is 0. The number of hydrogen-bond acceptors (Lipinski definition) is 3. The summed E-state index contributed by atoms with van der Waals surface area (Å²) in [4.78, 5) is 12.4. The maximum atomic E-state index is 11.2. The molecule has 0 aromatic carbocycles. The van der Waals surface area contributed by atoms with Crippen LogP contribution in [0.25, 0.3) is 0 Å². The summed E-state index contributed by atoms with van der Waals surface area (Å²) in [6.45, 7) is 2.46. The largest absolute Gasteiger partial charge is 0.356 e. The molecule has 0 radical (unpaired) electrons. The molecule has 1 amide bonds. The Morgan fingerprint density at radius 3 is 2.81 bits per heavy atom. The quantitative estimate of drug-likeness (QED) is 0.870. The van der Waals surface area contributed by atoms with Gasteiger partial charge in [0.05, 0.1) is 4.34 Å². The summed E-state index contributed by atoms with van der Waals surface area (Å²) in [5, 5.41) is 2.82. The molecule has 1 unspecified atom stereocenters. The van der Waals surface area contributed by atoms with E-state index in [0.29, 0.717) is 13.0 Å². The van der Waals surface area contributed by atoms with Gasteiger partial charge in [-0.15, -0.1) is 23.7 Å². The summed E-state index contributed by atoms with van der Waals surface area (Å²) in [7, 11) is 0. The van der Waals surface area contributed by atoms with Crippen LogP contribution >= 0.6 is 35.3 Å². The molecule has 0 bridgehead atoms. The third kappa shape index (κ3) is 6.33. The van der Waals surface area contributed by atoms with Crippen molar-refractivity contribution in [1.29, 1.82) is 0 Å². The van der Waals surface area contributed by atoms with Crippen LogP contribution in [0, 0.1) is 0 Å². The van der Waals surface area contributed by atoms with E-state index in [1.807, 2.05) is 19.1 Å². The van der Waals surface area contributed by atoms with Gasteiger partial charge in [-0.25, -0.2) is 0 Å². The molecule has 1 rings (SSSR count). The normalized spacial score (nSPS) is 11.7. The molecule has 3 nitrogen and oxygen atoms in total. The number of rotatable bonds is 5. The van der Waals surface area contributed by atoms with Crippen LogP contribution in [0.2, 0.25) is 4.34 Å². The minimum atomic E-state index is -0.0822. The fourth-order valence-corrected chi connectivity index (χ4v) is 2.26. The number of nitrogens with one attached hydrogen (secondary N) is 1. The van der Waals surface area contributed by atoms with E-state index in [0.717, 1.165) is 10.8 Å². The Kier molecular flexibility index (Phi) is 7.76. The van der Waals surface area contributed by atoms with Crippen molar-refractivity contribution >= 4 is 41.3 Å². The predicted octanol–water partition coefficient (Wildman–Crippen LogP) is 2.22. The first kappa shape index (κ1) is 15.7. The maximum absolute atomic E-state index is 11.2. The van der Waals surface area contributed by atoms with Crippen molar-refractivity contribution in [2.45, 2.75) is 25.8 Å². The Bertz CT molecular complexity index is 328. The van der Waals surface area contributed by atoms with Gasteiger partial charge in [0.1, 0.15) is 0 Å². The molecule has 0 aliphatic rings. The zero-order chi connectivity index (χ0) is 11.3. The molecule has 0 saturated carbocycles. The molecule has 1 aromatic rings. The van der Waals surface area contributed by atoms with Crippen LogP contribution in [0.3, 0.4) is 0 Å². The summed E-state index contributed by atoms with van der Waals surface area (Å²) in [5.74, 6) is 0.00709. The van der Waals surface area contributed by atoms with E-state index in [1.54, 1.807) is 11.3 Å². The lowest BCUT2D eigenvalue weighted by atomic mass is 10.2. The average molecular weight is 283 g/mol. The SMILES string of the molecule is CC(N)CC(=O)NCCc1ccc(Cl)s1.Cl. The molecule has 1 heterocycles. The highest BCUT2D eigenvalue weighted by atomic mass is 35.5. The number of amides is 1. The third-order valence-electron chi connectivity index (χ3n) is 1.83. The molecule has 0 spiro atoms. The molecular formula is C10H16Cl2N2OS. The number of hydrogen-bond donors (Lipinski definition) is 2. The first-order chi connectivity index (χ1) is 7.08. The van der Waals surface area contributed by atoms with Crippen molar-refractivity contribution in [2.75, 3.05) is 6.54 Å². The van der Waals surface area contributed by atoms with E-state index in [9.17, 15) is 4.79 Å². The molecule has 0 saturated heterocycles. The Morgan fingerprint density at radius 1 is 1.62 bits per heavy atom. The highest BCUT2D eigenvalue weighted by molar-refractivity contribution is 7.16. The molecule has 0 aliphatic heterocycles. The standard InChI is InChI=1S/C10H15ClN2OS.ClH/c1-7(12)6-10(14)13-5-4-8-2-3-9(11)15-8;/h2-3,7H,4-6,12H2,1H3,(H,13,14);1H. The van der Waals surface area contributed by atoms with Gasteiger partial charge in [-0.05, 0) is 25.5 Å². The van der Waals surface area contributed by atoms with E-state index < -0.39 is 0 Å². The molecule has 3 N–H and O–H groups in total. The fraction of sp³-hybridized carbons (Fsp3) is 0.500. The Labute approximate surface area is 111 Å². The van der Waals surface area contributed by atoms with Gasteiger partial charge in [0.2, 0.25) is 5.91 Å². The lowest BCUT2D eigenvalue weighted by Gasteiger charge is -2.06. The van der Waals surface area contributed by atoms with Gasteiger partial charge in [-0.1, -0.05) is 11.6 Å². The molecule has 1 aromatic heterocycles. The van der Waals surface area contributed by atoms with Crippen LogP contribution in [-0.4, -0.2) is 18.5 Å². The molecule has 0 aliphatic carbocycles. The van der Waals surface area contributed by atoms with Gasteiger partial charge < -0.3 is 11.1 Å². The van der Waals surface area contributed by atoms with Crippen LogP contribution in [0.15, 0.2) is 12.1 Å². The summed E-state index contributed by atoms with van der Waals surface area (Å²) in [6.07, 6.45) is 1.20. The van der Waals surface area contributed by atoms with Crippen LogP contribution in [-0.2, 0) is 11.2 Å². The van der Waals surface area contributed by atoms with Crippen LogP contribution < -0.4 is 11.1 Å². The van der Waals surface area contributed by atoms with Gasteiger partial charge in [-0.3, -0.25) is 4.79 Å². The van der Waals surface area contributed by atoms with E-state index in [2.05, 4.69) is 5.32 Å². The van der Waals surface area contributed by atoms with Crippen molar-refractivity contribution < 1.29 is 4.79 Å². The van der Waals surface area contributed by atoms with Gasteiger partial charge >= 0.3 is 0 Å². The highest BCUT2D eigenvalue weighted by Gasteiger charge is 2.04. The molecular weight excluding hydrogens is 267 g/mol. The predicted molar refractivity (Wildman–Crippen MR) is 71.6 cm³/mol. The molecule has 16 heavy (non-hydrogen) atoms. The summed E-state index contributed by atoms with van der Waals surface area (Å²) in [6, 6.07) is 3.76. The monoisotopic (exact) mass is 282 g/mol. The first-order valence-electron chi connectivity index (χ1n) is 4.84. The van der Waals surface area contributed by atoms with Crippen LogP contribution in [0.4, 0.5) is 0 Å². The Morgan fingerprint density at radius 2 is 2.31 bits per heavy atom. The zero-order valence-corrected chi connectivity index (χ0v) is 11.4. The van der Waals surface area contributed by atoms with Crippen LogP contribution in [0.1, 0.15) is 18.2 Å². The lowest BCUT2D eigenvalue weighted by molar-refractivity contribution is -0.121. The minimum Gasteiger partial charge on any atom is -0.356 e. The van der Waals surface area contributed by atoms with Gasteiger partial charge in [0, 0.05) is 23.9 Å². The molecule has 6 heteroatoms. The highest BCUT2D eigenvalue weighted by Crippen LogP contribution is 2.21. The Balaban J connectivity index is 0.00000225. The first-order valence-corrected chi connectivity index (χ1v) is 6.04.